The fourth-order valence-corrected chi connectivity index (χ4v) is 10.3. The molecule has 15 heteroatoms. The van der Waals surface area contributed by atoms with E-state index in [1.165, 1.54) is 12.1 Å². The number of carboxylic acid groups (broad SMARTS) is 3. The first kappa shape index (κ1) is 47.0. The van der Waals surface area contributed by atoms with Crippen LogP contribution in [-0.2, 0) is 14.4 Å². The van der Waals surface area contributed by atoms with Crippen molar-refractivity contribution < 1.29 is 58.3 Å². The zero-order valence-corrected chi connectivity index (χ0v) is 35.9. The molecule has 0 aromatic heterocycles. The van der Waals surface area contributed by atoms with E-state index in [0.717, 1.165) is 75.4 Å². The van der Waals surface area contributed by atoms with E-state index in [9.17, 15) is 44.1 Å². The van der Waals surface area contributed by atoms with Crippen LogP contribution in [0.25, 0.3) is 0 Å². The maximum absolute atomic E-state index is 13.8. The number of hydrogen-bond acceptors (Lipinski definition) is 9. The van der Waals surface area contributed by atoms with Crippen molar-refractivity contribution in [3.05, 3.63) is 41.5 Å². The van der Waals surface area contributed by atoms with Crippen LogP contribution in [0.2, 0.25) is 0 Å². The molecule has 5 rings (SSSR count). The van der Waals surface area contributed by atoms with Gasteiger partial charge in [0.15, 0.2) is 0 Å². The van der Waals surface area contributed by atoms with Crippen LogP contribution in [0.4, 0.5) is 14.4 Å². The number of ether oxygens (including phenoxy) is 3. The van der Waals surface area contributed by atoms with E-state index < -0.39 is 58.4 Å². The van der Waals surface area contributed by atoms with Gasteiger partial charge < -0.3 is 45.5 Å². The Balaban J connectivity index is 1.51. The molecule has 0 heterocycles. The highest BCUT2D eigenvalue weighted by molar-refractivity contribution is 5.77. The fraction of sp³-hybridized carbons (Fsp3) is 0.652. The highest BCUT2D eigenvalue weighted by Gasteiger charge is 2.39. The van der Waals surface area contributed by atoms with Gasteiger partial charge in [0.1, 0.15) is 17.2 Å². The monoisotopic (exact) mass is 851 g/mol. The van der Waals surface area contributed by atoms with Crippen LogP contribution in [0.3, 0.4) is 0 Å². The molecule has 3 amide bonds. The molecule has 61 heavy (non-hydrogen) atoms. The second-order valence-corrected chi connectivity index (χ2v) is 18.5. The van der Waals surface area contributed by atoms with Crippen molar-refractivity contribution in [1.29, 1.82) is 0 Å². The van der Waals surface area contributed by atoms with Crippen molar-refractivity contribution in [2.75, 3.05) is 19.6 Å². The van der Waals surface area contributed by atoms with Crippen LogP contribution in [0.1, 0.15) is 154 Å². The molecule has 336 valence electrons. The average Bonchev–Trinajstić information content (AvgIpc) is 3.19. The highest BCUT2D eigenvalue weighted by Crippen LogP contribution is 2.49. The minimum absolute atomic E-state index is 0.0604. The molecule has 3 fully saturated rings. The number of nitrogens with one attached hydrogen (secondary N) is 3. The summed E-state index contributed by atoms with van der Waals surface area (Å²) in [5.41, 5.74) is 0.277. The van der Waals surface area contributed by atoms with Crippen LogP contribution in [-0.4, -0.2) is 71.1 Å². The van der Waals surface area contributed by atoms with Crippen molar-refractivity contribution in [2.24, 2.45) is 22.2 Å². The highest BCUT2D eigenvalue weighted by atomic mass is 16.6. The lowest BCUT2D eigenvalue weighted by Crippen LogP contribution is -2.42. The SMILES string of the molecule is C=C(C)[C@@H]1CCC(C)=C[C@H]1c1c(OC(=O)NCC2(CC(=O)O)CCCCC2)cc(OC(=O)NCC2(CC(=O)O)CCCCC2)cc1OC(=O)NCC1(CC(=O)O)CCCCC1. The van der Waals surface area contributed by atoms with Crippen molar-refractivity contribution in [1.82, 2.24) is 16.0 Å². The van der Waals surface area contributed by atoms with Crippen LogP contribution in [0.5, 0.6) is 17.2 Å². The van der Waals surface area contributed by atoms with E-state index in [-0.39, 0.29) is 62.1 Å². The summed E-state index contributed by atoms with van der Waals surface area (Å²) in [5, 5.41) is 37.5. The molecule has 6 N–H and O–H groups in total. The zero-order valence-electron chi connectivity index (χ0n) is 35.9. The predicted octanol–water partition coefficient (Wildman–Crippen LogP) is 9.24. The summed E-state index contributed by atoms with van der Waals surface area (Å²) in [6.45, 7) is 8.31. The first-order chi connectivity index (χ1) is 29.0. The molecule has 0 unspecified atom stereocenters. The van der Waals surface area contributed by atoms with E-state index in [0.29, 0.717) is 50.5 Å². The Morgan fingerprint density at radius 2 is 0.984 bits per heavy atom. The Morgan fingerprint density at radius 1 is 0.623 bits per heavy atom. The summed E-state index contributed by atoms with van der Waals surface area (Å²) < 4.78 is 17.9. The lowest BCUT2D eigenvalue weighted by Gasteiger charge is -2.36. The summed E-state index contributed by atoms with van der Waals surface area (Å²) in [5.74, 6) is -3.79. The van der Waals surface area contributed by atoms with Gasteiger partial charge in [-0.05, 0) is 87.4 Å². The number of allylic oxidation sites excluding steroid dienone is 3. The minimum Gasteiger partial charge on any atom is -0.481 e. The second-order valence-electron chi connectivity index (χ2n) is 18.5. The van der Waals surface area contributed by atoms with Gasteiger partial charge >= 0.3 is 36.2 Å². The standard InChI is InChI=1S/C46H65N3O12/c1-30(2)33-14-13-31(3)21-34(33)40-35(60-42(57)48-28-45(25-38(52)53)17-9-5-10-18-45)22-32(59-41(56)47-27-44(24-37(50)51)15-7-4-8-16-44)23-36(40)61-43(58)49-29-46(26-39(54)55)19-11-6-12-20-46/h21-23,33-34H,1,4-20,24-29H2,2-3H3,(H,47,56)(H,48,57)(H,49,58)(H,50,51)(H,52,53)(H,54,55)/t33-,34+/m0/s1. The molecule has 4 aliphatic rings. The molecule has 1 aromatic carbocycles. The number of carbonyl (C=O) groups excluding carboxylic acids is 3. The van der Waals surface area contributed by atoms with Crippen molar-refractivity contribution in [2.45, 2.75) is 148 Å². The normalized spacial score (nSPS) is 21.7. The molecular formula is C46H65N3O12. The summed E-state index contributed by atoms with van der Waals surface area (Å²) in [6.07, 6.45) is 12.3. The molecule has 0 bridgehead atoms. The lowest BCUT2D eigenvalue weighted by atomic mass is 9.72. The smallest absolute Gasteiger partial charge is 0.412 e. The molecular weight excluding hydrogens is 787 g/mol. The molecule has 0 radical (unpaired) electrons. The maximum atomic E-state index is 13.8. The van der Waals surface area contributed by atoms with Gasteiger partial charge in [0.05, 0.1) is 19.3 Å². The third-order valence-corrected chi connectivity index (χ3v) is 13.6. The average molecular weight is 852 g/mol. The van der Waals surface area contributed by atoms with Gasteiger partial charge in [-0.1, -0.05) is 81.6 Å². The molecule has 3 saturated carbocycles. The third-order valence-electron chi connectivity index (χ3n) is 13.6. The van der Waals surface area contributed by atoms with Gasteiger partial charge in [-0.15, -0.1) is 0 Å². The molecule has 4 aliphatic carbocycles. The Kier molecular flexibility index (Phi) is 16.3. The molecule has 0 spiro atoms. The van der Waals surface area contributed by atoms with E-state index in [1.54, 1.807) is 0 Å². The number of carboxylic acids is 3. The van der Waals surface area contributed by atoms with Gasteiger partial charge in [-0.3, -0.25) is 14.4 Å². The number of hydrogen-bond donors (Lipinski definition) is 6. The van der Waals surface area contributed by atoms with Crippen molar-refractivity contribution >= 4 is 36.2 Å². The number of carbonyl (C=O) groups is 6. The first-order valence-corrected chi connectivity index (χ1v) is 22.0. The van der Waals surface area contributed by atoms with Gasteiger partial charge in [-0.25, -0.2) is 14.4 Å². The van der Waals surface area contributed by atoms with Crippen molar-refractivity contribution in [3.8, 4) is 17.2 Å². The largest absolute Gasteiger partial charge is 0.481 e. The summed E-state index contributed by atoms with van der Waals surface area (Å²) in [6, 6.07) is 2.75. The zero-order chi connectivity index (χ0) is 44.2. The Morgan fingerprint density at radius 3 is 1.33 bits per heavy atom. The van der Waals surface area contributed by atoms with Gasteiger partial charge in [0, 0.05) is 43.2 Å². The van der Waals surface area contributed by atoms with E-state index in [1.807, 2.05) is 19.9 Å². The summed E-state index contributed by atoms with van der Waals surface area (Å²) in [7, 11) is 0. The Hall–Kier alpha value is -5.08. The predicted molar refractivity (Wildman–Crippen MR) is 226 cm³/mol. The topological polar surface area (TPSA) is 227 Å². The first-order valence-electron chi connectivity index (χ1n) is 22.0. The second kappa shape index (κ2) is 21.1. The number of aliphatic carboxylic acids is 3. The van der Waals surface area contributed by atoms with Crippen molar-refractivity contribution in [3.63, 3.8) is 0 Å². The van der Waals surface area contributed by atoms with E-state index in [4.69, 9.17) is 14.2 Å². The third kappa shape index (κ3) is 13.5. The van der Waals surface area contributed by atoms with E-state index >= 15 is 0 Å². The fourth-order valence-electron chi connectivity index (χ4n) is 10.3. The van der Waals surface area contributed by atoms with E-state index in [2.05, 4.69) is 22.5 Å². The minimum atomic E-state index is -0.956. The number of benzene rings is 1. The quantitative estimate of drug-likeness (QED) is 0.0807. The molecule has 0 aliphatic heterocycles. The van der Waals surface area contributed by atoms with Gasteiger partial charge in [0.25, 0.3) is 0 Å². The molecule has 0 saturated heterocycles. The summed E-state index contributed by atoms with van der Waals surface area (Å²) >= 11 is 0. The Bertz CT molecular complexity index is 1740. The molecule has 15 nitrogen and oxygen atoms in total. The number of rotatable bonds is 17. The van der Waals surface area contributed by atoms with Crippen LogP contribution >= 0.6 is 0 Å². The molecule has 1 aromatic rings. The van der Waals surface area contributed by atoms with Crippen LogP contribution in [0.15, 0.2) is 35.9 Å². The molecule has 2 atom stereocenters. The van der Waals surface area contributed by atoms with Gasteiger partial charge in [-0.2, -0.15) is 0 Å². The van der Waals surface area contributed by atoms with Crippen LogP contribution in [0, 0.1) is 22.2 Å². The lowest BCUT2D eigenvalue weighted by molar-refractivity contribution is -0.141. The summed E-state index contributed by atoms with van der Waals surface area (Å²) in [4.78, 5) is 76.7. The Labute approximate surface area is 358 Å². The maximum Gasteiger partial charge on any atom is 0.412 e. The van der Waals surface area contributed by atoms with Crippen LogP contribution < -0.4 is 30.2 Å². The number of amides is 3. The van der Waals surface area contributed by atoms with Gasteiger partial charge in [0.2, 0.25) is 0 Å².